The van der Waals surface area contributed by atoms with Crippen LogP contribution in [0.5, 0.6) is 5.75 Å². The number of esters is 1. The largest absolute Gasteiger partial charge is 0.691 e. The van der Waals surface area contributed by atoms with E-state index < -0.39 is 35.8 Å². The van der Waals surface area contributed by atoms with Crippen LogP contribution in [0.1, 0.15) is 0 Å². The summed E-state index contributed by atoms with van der Waals surface area (Å²) < 4.78 is 64.7. The van der Waals surface area contributed by atoms with Crippen LogP contribution in [0.3, 0.4) is 0 Å². The molecule has 0 bridgehead atoms. The minimum atomic E-state index is -5.69. The zero-order chi connectivity index (χ0) is 19.2. The van der Waals surface area contributed by atoms with E-state index in [0.717, 1.165) is 10.8 Å². The fourth-order valence-electron chi connectivity index (χ4n) is 1.96. The molecule has 1 unspecified atom stereocenters. The van der Waals surface area contributed by atoms with Crippen molar-refractivity contribution in [1.82, 2.24) is 0 Å². The van der Waals surface area contributed by atoms with Crippen molar-refractivity contribution in [3.8, 4) is 5.75 Å². The molecule has 1 atom stereocenters. The molecule has 0 spiro atoms. The summed E-state index contributed by atoms with van der Waals surface area (Å²) in [5.41, 5.74) is 0. The zero-order valence-corrected chi connectivity index (χ0v) is 13.6. The fraction of sp³-hybridized carbons (Fsp3) is 0.267. The molecule has 0 saturated heterocycles. The van der Waals surface area contributed by atoms with Crippen LogP contribution in [0.25, 0.3) is 10.8 Å². The van der Waals surface area contributed by atoms with E-state index in [9.17, 15) is 27.6 Å². The fourth-order valence-corrected chi connectivity index (χ4v) is 2.30. The second-order valence-electron chi connectivity index (χ2n) is 4.77. The highest BCUT2D eigenvalue weighted by molar-refractivity contribution is 7.96. The number of hydrogen-bond donors (Lipinski definition) is 0. The molecule has 2 rings (SSSR count). The Balaban J connectivity index is 1.94. The molecule has 0 aliphatic heterocycles. The maximum atomic E-state index is 13.8. The monoisotopic (exact) mass is 395 g/mol. The number of rotatable bonds is 8. The van der Waals surface area contributed by atoms with Gasteiger partial charge >= 0.3 is 17.1 Å². The third-order valence-electron chi connectivity index (χ3n) is 3.13. The molecule has 6 nitrogen and oxygen atoms in total. The number of alkyl halides is 4. The second kappa shape index (κ2) is 8.54. The van der Waals surface area contributed by atoms with Gasteiger partial charge < -0.3 is 14.7 Å². The van der Waals surface area contributed by atoms with E-state index in [2.05, 4.69) is 14.1 Å². The van der Waals surface area contributed by atoms with Crippen LogP contribution >= 0.6 is 12.0 Å². The van der Waals surface area contributed by atoms with Gasteiger partial charge in [0.05, 0.1) is 12.0 Å². The van der Waals surface area contributed by atoms with Gasteiger partial charge in [-0.25, -0.2) is 9.18 Å². The molecule has 11 heteroatoms. The van der Waals surface area contributed by atoms with Crippen molar-refractivity contribution < 1.29 is 46.5 Å². The molecule has 0 radical (unpaired) electrons. The van der Waals surface area contributed by atoms with Crippen molar-refractivity contribution in [3.05, 3.63) is 42.5 Å². The summed E-state index contributed by atoms with van der Waals surface area (Å²) in [5.74, 6) is -1.88. The molecule has 2 aromatic carbocycles. The Kier molecular flexibility index (Phi) is 6.64. The van der Waals surface area contributed by atoms with Crippen molar-refractivity contribution in [1.29, 1.82) is 0 Å². The topological polar surface area (TPSA) is 77.1 Å². The average molecular weight is 395 g/mol. The van der Waals surface area contributed by atoms with Gasteiger partial charge in [-0.05, 0) is 11.5 Å². The van der Waals surface area contributed by atoms with Crippen LogP contribution in [0.15, 0.2) is 42.5 Å². The molecule has 0 amide bonds. The molecule has 0 N–H and O–H groups in total. The van der Waals surface area contributed by atoms with Crippen LogP contribution in [0.4, 0.5) is 17.6 Å². The van der Waals surface area contributed by atoms with Gasteiger partial charge in [-0.3, -0.25) is 5.04 Å². The molecule has 26 heavy (non-hydrogen) atoms. The van der Waals surface area contributed by atoms with Crippen molar-refractivity contribution in [2.45, 2.75) is 11.2 Å². The van der Waals surface area contributed by atoms with Crippen LogP contribution in [0, 0.1) is 0 Å². The van der Waals surface area contributed by atoms with Crippen LogP contribution < -0.4 is 9.99 Å². The van der Waals surface area contributed by atoms with Gasteiger partial charge in [0.2, 0.25) is 0 Å². The lowest BCUT2D eigenvalue weighted by molar-refractivity contribution is -0.777. The Morgan fingerprint density at radius 1 is 1.04 bits per heavy atom. The SMILES string of the molecule is O=C(OCCOc1cccc2ccccc12)C(F)(SOO[O-])C(F)(F)F. The average Bonchev–Trinajstić information content (AvgIpc) is 2.62. The van der Waals surface area contributed by atoms with E-state index in [0.29, 0.717) is 5.75 Å². The Morgan fingerprint density at radius 2 is 1.73 bits per heavy atom. The van der Waals surface area contributed by atoms with Crippen molar-refractivity contribution in [2.24, 2.45) is 0 Å². The van der Waals surface area contributed by atoms with Crippen LogP contribution in [-0.4, -0.2) is 30.4 Å². The Morgan fingerprint density at radius 3 is 2.42 bits per heavy atom. The Hall–Kier alpha value is -2.08. The summed E-state index contributed by atoms with van der Waals surface area (Å²) in [5, 5.41) is 9.25. The molecule has 0 aliphatic rings. The first kappa shape index (κ1) is 20.2. The highest BCUT2D eigenvalue weighted by Gasteiger charge is 2.65. The standard InChI is InChI=1S/C15H12F4O6S/c16-14(15(17,18)19,26-25-24-21)13(20)23-9-8-22-12-7-3-5-10-4-1-2-6-11(10)12/h1-7,21H,8-9H2/p-1. The summed E-state index contributed by atoms with van der Waals surface area (Å²) in [4.78, 5) is 11.4. The highest BCUT2D eigenvalue weighted by atomic mass is 32.2. The minimum absolute atomic E-state index is 0.322. The van der Waals surface area contributed by atoms with Gasteiger partial charge in [0.25, 0.3) is 0 Å². The molecule has 0 fully saturated rings. The minimum Gasteiger partial charge on any atom is -0.691 e. The number of fused-ring (bicyclic) bond motifs is 1. The number of ether oxygens (including phenoxy) is 2. The van der Waals surface area contributed by atoms with E-state index in [-0.39, 0.29) is 6.61 Å². The predicted octanol–water partition coefficient (Wildman–Crippen LogP) is 2.86. The van der Waals surface area contributed by atoms with E-state index in [1.807, 2.05) is 18.2 Å². The maximum Gasteiger partial charge on any atom is 0.446 e. The summed E-state index contributed by atoms with van der Waals surface area (Å²) in [7, 11) is 0. The normalized spacial score (nSPS) is 14.0. The van der Waals surface area contributed by atoms with E-state index >= 15 is 0 Å². The van der Waals surface area contributed by atoms with Gasteiger partial charge in [-0.1, -0.05) is 36.4 Å². The first-order chi connectivity index (χ1) is 12.3. The lowest BCUT2D eigenvalue weighted by atomic mass is 10.1. The summed E-state index contributed by atoms with van der Waals surface area (Å²) in [6.07, 6.45) is -5.69. The first-order valence-electron chi connectivity index (χ1n) is 6.97. The number of hydrogen-bond acceptors (Lipinski definition) is 7. The van der Waals surface area contributed by atoms with Gasteiger partial charge in [0.15, 0.2) is 0 Å². The van der Waals surface area contributed by atoms with E-state index in [4.69, 9.17) is 4.74 Å². The molecule has 142 valence electrons. The molecular weight excluding hydrogens is 384 g/mol. The summed E-state index contributed by atoms with van der Waals surface area (Å²) in [6, 6.07) is 12.3. The molecule has 0 aliphatic carbocycles. The summed E-state index contributed by atoms with van der Waals surface area (Å²) in [6.45, 7) is -0.986. The molecule has 2 aromatic rings. The van der Waals surface area contributed by atoms with Crippen LogP contribution in [-0.2, 0) is 18.9 Å². The predicted molar refractivity (Wildman–Crippen MR) is 80.1 cm³/mol. The smallest absolute Gasteiger partial charge is 0.446 e. The number of halogens is 4. The second-order valence-corrected chi connectivity index (χ2v) is 5.64. The Labute approximate surface area is 148 Å². The van der Waals surface area contributed by atoms with Crippen molar-refractivity contribution >= 4 is 28.8 Å². The number of carbonyl (C=O) groups excluding carboxylic acids is 1. The van der Waals surface area contributed by atoms with E-state index in [1.165, 1.54) is 0 Å². The van der Waals surface area contributed by atoms with Gasteiger partial charge in [0, 0.05) is 5.39 Å². The quantitative estimate of drug-likeness (QED) is 0.170. The number of carbonyl (C=O) groups is 1. The van der Waals surface area contributed by atoms with Gasteiger partial charge in [0.1, 0.15) is 19.0 Å². The third-order valence-corrected chi connectivity index (χ3v) is 3.88. The number of benzene rings is 2. The Bertz CT molecular complexity index is 751. The first-order valence-corrected chi connectivity index (χ1v) is 7.71. The lowest BCUT2D eigenvalue weighted by Gasteiger charge is -2.24. The molecular formula is C15H11F4O6S-. The maximum absolute atomic E-state index is 13.8. The molecule has 0 aromatic heterocycles. The zero-order valence-electron chi connectivity index (χ0n) is 12.8. The lowest BCUT2D eigenvalue weighted by Crippen LogP contribution is -2.47. The van der Waals surface area contributed by atoms with E-state index in [1.54, 1.807) is 24.3 Å². The molecule has 0 heterocycles. The molecule has 0 saturated carbocycles. The van der Waals surface area contributed by atoms with Crippen molar-refractivity contribution in [3.63, 3.8) is 0 Å². The van der Waals surface area contributed by atoms with Crippen LogP contribution in [0.2, 0.25) is 0 Å². The van der Waals surface area contributed by atoms with Crippen molar-refractivity contribution in [2.75, 3.05) is 13.2 Å². The summed E-state index contributed by atoms with van der Waals surface area (Å²) >= 11 is -1.15. The third kappa shape index (κ3) is 4.55. The van der Waals surface area contributed by atoms with Gasteiger partial charge in [-0.2, -0.15) is 17.5 Å². The highest BCUT2D eigenvalue weighted by Crippen LogP contribution is 2.44. The van der Waals surface area contributed by atoms with Gasteiger partial charge in [-0.15, -0.1) is 0 Å².